The summed E-state index contributed by atoms with van der Waals surface area (Å²) in [5.41, 5.74) is 1.33. The second-order valence-corrected chi connectivity index (χ2v) is 6.85. The van der Waals surface area contributed by atoms with E-state index < -0.39 is 0 Å². The Morgan fingerprint density at radius 1 is 1.23 bits per heavy atom. The fourth-order valence-electron chi connectivity index (χ4n) is 2.89. The molecule has 6 heteroatoms. The van der Waals surface area contributed by atoms with Crippen molar-refractivity contribution in [2.45, 2.75) is 26.4 Å². The van der Waals surface area contributed by atoms with Crippen LogP contribution in [0.3, 0.4) is 0 Å². The highest BCUT2D eigenvalue weighted by molar-refractivity contribution is 5.79. The number of benzene rings is 1. The number of ether oxygens (including phenoxy) is 1. The van der Waals surface area contributed by atoms with Gasteiger partial charge in [-0.15, -0.1) is 0 Å². The van der Waals surface area contributed by atoms with E-state index in [2.05, 4.69) is 71.7 Å². The van der Waals surface area contributed by atoms with E-state index in [1.54, 1.807) is 0 Å². The maximum Gasteiger partial charge on any atom is 0.191 e. The molecule has 26 heavy (non-hydrogen) atoms. The van der Waals surface area contributed by atoms with Crippen LogP contribution in [0, 0.1) is 0 Å². The van der Waals surface area contributed by atoms with E-state index in [0.717, 1.165) is 65.0 Å². The first-order valence-corrected chi connectivity index (χ1v) is 9.75. The predicted octanol–water partition coefficient (Wildman–Crippen LogP) is 1.39. The number of nitrogens with one attached hydrogen (secondary N) is 2. The van der Waals surface area contributed by atoms with Gasteiger partial charge in [0.2, 0.25) is 0 Å². The first-order chi connectivity index (χ1) is 12.7. The Morgan fingerprint density at radius 2 is 1.96 bits per heavy atom. The number of guanidine groups is 1. The monoisotopic (exact) mass is 361 g/mol. The van der Waals surface area contributed by atoms with Gasteiger partial charge in [0, 0.05) is 45.3 Å². The number of rotatable bonds is 9. The van der Waals surface area contributed by atoms with E-state index in [1.165, 1.54) is 5.56 Å². The van der Waals surface area contributed by atoms with Crippen molar-refractivity contribution >= 4 is 5.96 Å². The van der Waals surface area contributed by atoms with Gasteiger partial charge in [-0.05, 0) is 26.5 Å². The third-order valence-electron chi connectivity index (χ3n) is 4.71. The van der Waals surface area contributed by atoms with Crippen LogP contribution >= 0.6 is 0 Å². The Labute approximate surface area is 158 Å². The molecular weight excluding hydrogens is 326 g/mol. The lowest BCUT2D eigenvalue weighted by Crippen LogP contribution is -2.44. The summed E-state index contributed by atoms with van der Waals surface area (Å²) in [6.45, 7) is 12.6. The number of hydrogen-bond acceptors (Lipinski definition) is 4. The van der Waals surface area contributed by atoms with Crippen LogP contribution in [-0.2, 0) is 11.3 Å². The molecule has 2 N–H and O–H groups in total. The first kappa shape index (κ1) is 20.7. The first-order valence-electron chi connectivity index (χ1n) is 9.75. The van der Waals surface area contributed by atoms with E-state index in [0.29, 0.717) is 6.04 Å². The van der Waals surface area contributed by atoms with Gasteiger partial charge in [-0.3, -0.25) is 14.8 Å². The molecule has 0 aromatic heterocycles. The van der Waals surface area contributed by atoms with E-state index >= 15 is 0 Å². The van der Waals surface area contributed by atoms with Crippen molar-refractivity contribution in [2.75, 3.05) is 59.5 Å². The minimum absolute atomic E-state index is 0.380. The molecule has 6 nitrogen and oxygen atoms in total. The second-order valence-electron chi connectivity index (χ2n) is 6.85. The van der Waals surface area contributed by atoms with Gasteiger partial charge in [-0.2, -0.15) is 0 Å². The van der Waals surface area contributed by atoms with Gasteiger partial charge in [-0.1, -0.05) is 30.3 Å². The minimum atomic E-state index is 0.380. The van der Waals surface area contributed by atoms with Crippen molar-refractivity contribution < 1.29 is 4.74 Å². The van der Waals surface area contributed by atoms with Gasteiger partial charge in [0.1, 0.15) is 0 Å². The van der Waals surface area contributed by atoms with Gasteiger partial charge in [0.15, 0.2) is 5.96 Å². The summed E-state index contributed by atoms with van der Waals surface area (Å²) in [7, 11) is 2.16. The normalized spacial score (nSPS) is 17.3. The van der Waals surface area contributed by atoms with E-state index in [-0.39, 0.29) is 0 Å². The molecule has 1 unspecified atom stereocenters. The Morgan fingerprint density at radius 3 is 2.65 bits per heavy atom. The topological polar surface area (TPSA) is 52.1 Å². The van der Waals surface area contributed by atoms with Crippen molar-refractivity contribution in [3.8, 4) is 0 Å². The molecule has 1 fully saturated rings. The lowest BCUT2D eigenvalue weighted by atomic mass is 10.2. The molecule has 1 aromatic carbocycles. The summed E-state index contributed by atoms with van der Waals surface area (Å²) >= 11 is 0. The molecule has 0 aliphatic carbocycles. The van der Waals surface area contributed by atoms with E-state index in [4.69, 9.17) is 9.73 Å². The van der Waals surface area contributed by atoms with Crippen LogP contribution in [-0.4, -0.2) is 81.3 Å². The third-order valence-corrected chi connectivity index (χ3v) is 4.71. The van der Waals surface area contributed by atoms with Gasteiger partial charge in [-0.25, -0.2) is 0 Å². The Bertz CT molecular complexity index is 516. The summed E-state index contributed by atoms with van der Waals surface area (Å²) in [6.07, 6.45) is 0. The summed E-state index contributed by atoms with van der Waals surface area (Å²) in [5, 5.41) is 6.79. The molecule has 0 amide bonds. The predicted molar refractivity (Wildman–Crippen MR) is 109 cm³/mol. The molecule has 1 atom stereocenters. The molecule has 1 aliphatic rings. The van der Waals surface area contributed by atoms with Gasteiger partial charge in [0.25, 0.3) is 0 Å². The lowest BCUT2D eigenvalue weighted by Gasteiger charge is -2.27. The number of hydrogen-bond donors (Lipinski definition) is 2. The van der Waals surface area contributed by atoms with Crippen molar-refractivity contribution in [3.05, 3.63) is 35.9 Å². The van der Waals surface area contributed by atoms with Crippen molar-refractivity contribution in [3.63, 3.8) is 0 Å². The van der Waals surface area contributed by atoms with Crippen LogP contribution in [0.25, 0.3) is 0 Å². The molecule has 1 aromatic rings. The number of likely N-dealkylation sites (N-methyl/N-ethyl adjacent to an activating group) is 1. The maximum absolute atomic E-state index is 5.39. The second kappa shape index (κ2) is 11.9. The minimum Gasteiger partial charge on any atom is -0.379 e. The molecule has 1 saturated heterocycles. The number of nitrogens with zero attached hydrogens (tertiary/aromatic N) is 3. The van der Waals surface area contributed by atoms with Crippen LogP contribution in [0.4, 0.5) is 0 Å². The molecule has 1 aliphatic heterocycles. The Balaban J connectivity index is 1.75. The fraction of sp³-hybridized carbons (Fsp3) is 0.650. The van der Waals surface area contributed by atoms with Crippen LogP contribution in [0.5, 0.6) is 0 Å². The zero-order chi connectivity index (χ0) is 18.6. The van der Waals surface area contributed by atoms with Crippen LogP contribution < -0.4 is 10.6 Å². The summed E-state index contributed by atoms with van der Waals surface area (Å²) < 4.78 is 5.39. The van der Waals surface area contributed by atoms with Gasteiger partial charge >= 0.3 is 0 Å². The quantitative estimate of drug-likeness (QED) is 0.514. The molecule has 1 heterocycles. The van der Waals surface area contributed by atoms with E-state index in [9.17, 15) is 0 Å². The van der Waals surface area contributed by atoms with Gasteiger partial charge in [0.05, 0.1) is 19.8 Å². The molecule has 0 radical (unpaired) electrons. The van der Waals surface area contributed by atoms with Crippen molar-refractivity contribution in [2.24, 2.45) is 4.99 Å². The SMILES string of the molecule is CCNC(=NCC(C)N(C)Cc1ccccc1)NCCN1CCOCC1. The maximum atomic E-state index is 5.39. The molecule has 146 valence electrons. The highest BCUT2D eigenvalue weighted by atomic mass is 16.5. The highest BCUT2D eigenvalue weighted by Crippen LogP contribution is 2.06. The smallest absolute Gasteiger partial charge is 0.191 e. The molecule has 0 saturated carbocycles. The molecular formula is C20H35N5O. The number of aliphatic imine (C=N–C) groups is 1. The van der Waals surface area contributed by atoms with Crippen LogP contribution in [0.15, 0.2) is 35.3 Å². The lowest BCUT2D eigenvalue weighted by molar-refractivity contribution is 0.0389. The average Bonchev–Trinajstić information content (AvgIpc) is 2.67. The van der Waals surface area contributed by atoms with E-state index in [1.807, 2.05) is 0 Å². The number of morpholine rings is 1. The zero-order valence-electron chi connectivity index (χ0n) is 16.6. The molecule has 0 spiro atoms. The molecule has 0 bridgehead atoms. The van der Waals surface area contributed by atoms with Gasteiger partial charge < -0.3 is 15.4 Å². The molecule has 2 rings (SSSR count). The van der Waals surface area contributed by atoms with Crippen molar-refractivity contribution in [1.29, 1.82) is 0 Å². The Hall–Kier alpha value is -1.63. The van der Waals surface area contributed by atoms with Crippen LogP contribution in [0.2, 0.25) is 0 Å². The summed E-state index contributed by atoms with van der Waals surface area (Å²) in [5.74, 6) is 0.903. The largest absolute Gasteiger partial charge is 0.379 e. The third kappa shape index (κ3) is 7.72. The zero-order valence-corrected chi connectivity index (χ0v) is 16.6. The Kier molecular flexibility index (Phi) is 9.45. The standard InChI is InChI=1S/C20H35N5O/c1-4-21-20(22-10-11-25-12-14-26-15-13-25)23-16-18(2)24(3)17-19-8-6-5-7-9-19/h5-9,18H,4,10-17H2,1-3H3,(H2,21,22,23). The van der Waals surface area contributed by atoms with Crippen LogP contribution in [0.1, 0.15) is 19.4 Å². The fourth-order valence-corrected chi connectivity index (χ4v) is 2.89. The summed E-state index contributed by atoms with van der Waals surface area (Å²) in [6, 6.07) is 11.0. The van der Waals surface area contributed by atoms with Crippen molar-refractivity contribution in [1.82, 2.24) is 20.4 Å². The highest BCUT2D eigenvalue weighted by Gasteiger charge is 2.11. The average molecular weight is 362 g/mol. The summed E-state index contributed by atoms with van der Waals surface area (Å²) in [4.78, 5) is 9.54.